The van der Waals surface area contributed by atoms with E-state index in [0.717, 1.165) is 0 Å². The van der Waals surface area contributed by atoms with Crippen LogP contribution < -0.4 is 10.2 Å². The number of benzene rings is 6. The van der Waals surface area contributed by atoms with Gasteiger partial charge in [-0.2, -0.15) is 0 Å². The molecule has 0 bridgehead atoms. The molecule has 0 radical (unpaired) electrons. The lowest BCUT2D eigenvalue weighted by molar-refractivity contribution is 0.660. The van der Waals surface area contributed by atoms with Crippen LogP contribution in [0.4, 0.5) is 17.1 Å². The van der Waals surface area contributed by atoms with Gasteiger partial charge in [0.25, 0.3) is 0 Å². The highest BCUT2D eigenvalue weighted by atomic mass is 32.2. The average molecular weight is 649 g/mol. The minimum absolute atomic E-state index is 0.0284. The Morgan fingerprint density at radius 3 is 2.27 bits per heavy atom. The maximum Gasteiger partial charge on any atom is 0.103 e. The zero-order valence-corrected chi connectivity index (χ0v) is 28.4. The van der Waals surface area contributed by atoms with Crippen molar-refractivity contribution in [3.63, 3.8) is 0 Å². The zero-order chi connectivity index (χ0) is 32.7. The van der Waals surface area contributed by atoms with Gasteiger partial charge in [0, 0.05) is 44.9 Å². The quantitative estimate of drug-likeness (QED) is 0.205. The van der Waals surface area contributed by atoms with Gasteiger partial charge in [-0.1, -0.05) is 141 Å². The van der Waals surface area contributed by atoms with E-state index in [4.69, 9.17) is 0 Å². The second-order valence-electron chi connectivity index (χ2n) is 14.1. The minimum atomic E-state index is -0.0284. The van der Waals surface area contributed by atoms with Crippen LogP contribution >= 0.6 is 11.8 Å². The predicted molar refractivity (Wildman–Crippen MR) is 206 cm³/mol. The molecular weight excluding hydrogens is 613 g/mol. The third-order valence-electron chi connectivity index (χ3n) is 11.1. The second kappa shape index (κ2) is 10.9. The summed E-state index contributed by atoms with van der Waals surface area (Å²) in [5.74, 6) is 0.425. The van der Waals surface area contributed by atoms with Crippen molar-refractivity contribution in [2.75, 3.05) is 10.2 Å². The van der Waals surface area contributed by atoms with Gasteiger partial charge in [0.2, 0.25) is 0 Å². The van der Waals surface area contributed by atoms with Crippen molar-refractivity contribution >= 4 is 28.8 Å². The van der Waals surface area contributed by atoms with E-state index >= 15 is 0 Å². The first kappa shape index (κ1) is 28.7. The van der Waals surface area contributed by atoms with Crippen LogP contribution in [0.25, 0.3) is 22.3 Å². The molecule has 236 valence electrons. The molecule has 0 saturated carbocycles. The maximum atomic E-state index is 3.71. The van der Waals surface area contributed by atoms with Crippen molar-refractivity contribution in [3.8, 4) is 22.3 Å². The summed E-state index contributed by atoms with van der Waals surface area (Å²) in [6.07, 6.45) is 7.00. The first-order valence-electron chi connectivity index (χ1n) is 17.3. The molecule has 10 rings (SSSR count). The van der Waals surface area contributed by atoms with Crippen LogP contribution in [0.1, 0.15) is 58.9 Å². The molecule has 0 spiro atoms. The van der Waals surface area contributed by atoms with E-state index in [1.54, 1.807) is 0 Å². The number of allylic oxidation sites excluding steroid dienone is 4. The molecule has 0 fully saturated rings. The van der Waals surface area contributed by atoms with E-state index in [1.165, 1.54) is 77.7 Å². The Bertz CT molecular complexity index is 2310. The molecule has 0 amide bonds. The number of hydrogen-bond acceptors (Lipinski definition) is 3. The SMILES string of the molecule is CC1(C)c2ccccc2-c2c(-c3ccc4c(c3)C3C(=CC=CC3c3ccc(C5Nc6ccccc6S5)cc3)N4c3ccccc3)cccc21. The average Bonchev–Trinajstić information content (AvgIpc) is 3.81. The van der Waals surface area contributed by atoms with Crippen LogP contribution in [0.3, 0.4) is 0 Å². The molecule has 3 unspecified atom stereocenters. The van der Waals surface area contributed by atoms with E-state index in [1.807, 2.05) is 11.8 Å². The van der Waals surface area contributed by atoms with Gasteiger partial charge < -0.3 is 10.2 Å². The first-order valence-corrected chi connectivity index (χ1v) is 18.2. The summed E-state index contributed by atoms with van der Waals surface area (Å²) >= 11 is 1.90. The third kappa shape index (κ3) is 4.35. The number of nitrogens with one attached hydrogen (secondary N) is 1. The van der Waals surface area contributed by atoms with Crippen molar-refractivity contribution in [2.45, 2.75) is 41.4 Å². The highest BCUT2D eigenvalue weighted by molar-refractivity contribution is 8.00. The largest absolute Gasteiger partial charge is 0.368 e. The lowest BCUT2D eigenvalue weighted by atomic mass is 9.77. The van der Waals surface area contributed by atoms with Crippen LogP contribution in [0.2, 0.25) is 0 Å². The van der Waals surface area contributed by atoms with Gasteiger partial charge in [0.15, 0.2) is 0 Å². The van der Waals surface area contributed by atoms with Gasteiger partial charge in [-0.25, -0.2) is 0 Å². The number of thioether (sulfide) groups is 1. The molecule has 0 aromatic heterocycles. The molecule has 49 heavy (non-hydrogen) atoms. The number of fused-ring (bicyclic) bond motifs is 7. The van der Waals surface area contributed by atoms with E-state index in [2.05, 4.69) is 182 Å². The number of anilines is 3. The van der Waals surface area contributed by atoms with Gasteiger partial charge in [-0.3, -0.25) is 0 Å². The molecule has 2 aliphatic carbocycles. The summed E-state index contributed by atoms with van der Waals surface area (Å²) < 4.78 is 0. The zero-order valence-electron chi connectivity index (χ0n) is 27.6. The molecule has 1 N–H and O–H groups in total. The van der Waals surface area contributed by atoms with Gasteiger partial charge in [0.05, 0.1) is 0 Å². The van der Waals surface area contributed by atoms with Crippen LogP contribution in [0.5, 0.6) is 0 Å². The fourth-order valence-corrected chi connectivity index (χ4v) is 9.89. The molecule has 6 aromatic rings. The van der Waals surface area contributed by atoms with Gasteiger partial charge in [-0.15, -0.1) is 0 Å². The van der Waals surface area contributed by atoms with E-state index in [0.29, 0.717) is 0 Å². The fraction of sp³-hybridized carbons (Fsp3) is 0.130. The van der Waals surface area contributed by atoms with Gasteiger partial charge in [0.1, 0.15) is 5.37 Å². The lowest BCUT2D eigenvalue weighted by Gasteiger charge is -2.29. The Balaban J connectivity index is 1.08. The molecule has 2 aliphatic heterocycles. The Hall–Kier alpha value is -5.25. The third-order valence-corrected chi connectivity index (χ3v) is 12.3. The molecule has 4 aliphatic rings. The molecule has 3 atom stereocenters. The Labute approximate surface area is 292 Å². The summed E-state index contributed by atoms with van der Waals surface area (Å²) in [7, 11) is 0. The van der Waals surface area contributed by atoms with Crippen LogP contribution in [-0.4, -0.2) is 0 Å². The fourth-order valence-electron chi connectivity index (χ4n) is 8.75. The van der Waals surface area contributed by atoms with E-state index < -0.39 is 0 Å². The summed E-state index contributed by atoms with van der Waals surface area (Å²) in [4.78, 5) is 3.80. The monoisotopic (exact) mass is 648 g/mol. The maximum absolute atomic E-state index is 3.71. The summed E-state index contributed by atoms with van der Waals surface area (Å²) in [6, 6.07) is 51.9. The molecule has 0 saturated heterocycles. The lowest BCUT2D eigenvalue weighted by Crippen LogP contribution is -2.18. The van der Waals surface area contributed by atoms with Crippen molar-refractivity contribution in [1.82, 2.24) is 0 Å². The van der Waals surface area contributed by atoms with Crippen molar-refractivity contribution < 1.29 is 0 Å². The Morgan fingerprint density at radius 2 is 1.41 bits per heavy atom. The number of para-hydroxylation sites is 2. The normalized spacial score (nSPS) is 20.5. The summed E-state index contributed by atoms with van der Waals surface area (Å²) in [6.45, 7) is 4.73. The van der Waals surface area contributed by atoms with Gasteiger partial charge >= 0.3 is 0 Å². The Morgan fingerprint density at radius 1 is 0.673 bits per heavy atom. The Kier molecular flexibility index (Phi) is 6.38. The van der Waals surface area contributed by atoms with Crippen LogP contribution in [-0.2, 0) is 5.41 Å². The van der Waals surface area contributed by atoms with E-state index in [9.17, 15) is 0 Å². The van der Waals surface area contributed by atoms with Crippen molar-refractivity contribution in [2.24, 2.45) is 0 Å². The summed E-state index contributed by atoms with van der Waals surface area (Å²) in [5.41, 5.74) is 17.2. The first-order chi connectivity index (χ1) is 24.1. The predicted octanol–water partition coefficient (Wildman–Crippen LogP) is 12.3. The van der Waals surface area contributed by atoms with Crippen LogP contribution in [0, 0.1) is 0 Å². The molecular formula is C46H36N2S. The van der Waals surface area contributed by atoms with Crippen LogP contribution in [0.15, 0.2) is 168 Å². The highest BCUT2D eigenvalue weighted by Crippen LogP contribution is 2.57. The molecule has 2 nitrogen and oxygen atoms in total. The highest BCUT2D eigenvalue weighted by Gasteiger charge is 2.41. The standard InChI is InChI=1S/C46H36N2S/c1-46(2)37-17-7-6-14-35(37)43-34(15-10-18-38(43)46)31-26-27-40-36(28-31)44-33(16-11-20-41(44)48(40)32-12-4-3-5-13-32)29-22-24-30(25-23-29)45-47-39-19-8-9-21-42(39)49-45/h3-28,33,44-45,47H,1-2H3. The van der Waals surface area contributed by atoms with Gasteiger partial charge in [-0.05, 0) is 92.5 Å². The number of nitrogens with zero attached hydrogens (tertiary/aromatic N) is 1. The number of rotatable bonds is 4. The van der Waals surface area contributed by atoms with Crippen molar-refractivity contribution in [3.05, 3.63) is 191 Å². The summed E-state index contributed by atoms with van der Waals surface area (Å²) in [5, 5.41) is 3.94. The van der Waals surface area contributed by atoms with Crippen molar-refractivity contribution in [1.29, 1.82) is 0 Å². The molecule has 2 heterocycles. The van der Waals surface area contributed by atoms with E-state index in [-0.39, 0.29) is 22.6 Å². The molecule has 3 heteroatoms. The second-order valence-corrected chi connectivity index (χ2v) is 15.3. The number of hydrogen-bond donors (Lipinski definition) is 1. The minimum Gasteiger partial charge on any atom is -0.368 e. The molecule has 6 aromatic carbocycles. The topological polar surface area (TPSA) is 15.3 Å². The smallest absolute Gasteiger partial charge is 0.103 e.